The van der Waals surface area contributed by atoms with Gasteiger partial charge in [-0.15, -0.1) is 0 Å². The molecule has 1 amide bonds. The number of carbonyl (C=O) groups excluding carboxylic acids is 1. The molecule has 3 aromatic rings. The van der Waals surface area contributed by atoms with Crippen LogP contribution in [0.3, 0.4) is 0 Å². The van der Waals surface area contributed by atoms with Gasteiger partial charge in [0.2, 0.25) is 0 Å². The van der Waals surface area contributed by atoms with Gasteiger partial charge in [0, 0.05) is 6.54 Å². The lowest BCUT2D eigenvalue weighted by atomic mass is 10.1. The molecule has 2 aromatic carbocycles. The van der Waals surface area contributed by atoms with E-state index in [2.05, 4.69) is 15.6 Å². The summed E-state index contributed by atoms with van der Waals surface area (Å²) in [5, 5.41) is 6.19. The number of hydrogen-bond donors (Lipinski definition) is 2. The summed E-state index contributed by atoms with van der Waals surface area (Å²) < 4.78 is 11.8. The van der Waals surface area contributed by atoms with Gasteiger partial charge in [-0.05, 0) is 50.0 Å². The summed E-state index contributed by atoms with van der Waals surface area (Å²) in [4.78, 5) is 16.8. The second-order valence-electron chi connectivity index (χ2n) is 6.68. The van der Waals surface area contributed by atoms with Crippen molar-refractivity contribution < 1.29 is 13.9 Å². The fourth-order valence-corrected chi connectivity index (χ4v) is 3.25. The Morgan fingerprint density at radius 2 is 1.96 bits per heavy atom. The molecule has 0 aliphatic carbocycles. The summed E-state index contributed by atoms with van der Waals surface area (Å²) in [5.41, 5.74) is 2.34. The molecular weight excluding hydrogens is 342 g/mol. The van der Waals surface area contributed by atoms with Crippen molar-refractivity contribution in [2.75, 3.05) is 19.6 Å². The third-order valence-electron chi connectivity index (χ3n) is 4.70. The standard InChI is InChI=1S/C21H23N3O3/c25-20(23-14-9-15-5-2-1-3-6-15)21-24-19-17(7-4-8-18(19)27-21)26-16-10-12-22-13-11-16/h1-8,16,22H,9-14H2,(H,23,25). The van der Waals surface area contributed by atoms with E-state index in [-0.39, 0.29) is 17.9 Å². The molecule has 0 saturated carbocycles. The second-order valence-corrected chi connectivity index (χ2v) is 6.68. The molecule has 1 fully saturated rings. The third-order valence-corrected chi connectivity index (χ3v) is 4.70. The number of piperidine rings is 1. The zero-order chi connectivity index (χ0) is 18.5. The molecular formula is C21H23N3O3. The van der Waals surface area contributed by atoms with Gasteiger partial charge in [-0.25, -0.2) is 4.98 Å². The normalized spacial score (nSPS) is 15.0. The number of carbonyl (C=O) groups is 1. The van der Waals surface area contributed by atoms with Crippen LogP contribution in [0.4, 0.5) is 0 Å². The first-order chi connectivity index (χ1) is 13.3. The Morgan fingerprint density at radius 1 is 1.15 bits per heavy atom. The van der Waals surface area contributed by atoms with Gasteiger partial charge in [0.05, 0.1) is 0 Å². The van der Waals surface area contributed by atoms with Gasteiger partial charge in [0.15, 0.2) is 11.1 Å². The first-order valence-corrected chi connectivity index (χ1v) is 9.38. The zero-order valence-electron chi connectivity index (χ0n) is 15.1. The lowest BCUT2D eigenvalue weighted by molar-refractivity contribution is 0.0922. The Labute approximate surface area is 157 Å². The van der Waals surface area contributed by atoms with Crippen molar-refractivity contribution in [1.29, 1.82) is 0 Å². The Balaban J connectivity index is 1.42. The predicted molar refractivity (Wildman–Crippen MR) is 103 cm³/mol. The molecule has 0 spiro atoms. The van der Waals surface area contributed by atoms with Gasteiger partial charge < -0.3 is 19.8 Å². The van der Waals surface area contributed by atoms with Crippen LogP contribution in [0.25, 0.3) is 11.1 Å². The first kappa shape index (κ1) is 17.5. The van der Waals surface area contributed by atoms with Crippen LogP contribution in [0.1, 0.15) is 29.1 Å². The summed E-state index contributed by atoms with van der Waals surface area (Å²) in [5.74, 6) is 0.431. The molecule has 1 saturated heterocycles. The highest BCUT2D eigenvalue weighted by atomic mass is 16.5. The van der Waals surface area contributed by atoms with E-state index in [0.717, 1.165) is 32.4 Å². The first-order valence-electron chi connectivity index (χ1n) is 9.38. The SMILES string of the molecule is O=C(NCCc1ccccc1)c1nc2c(OC3CCNCC3)cccc2o1. The average Bonchev–Trinajstić information content (AvgIpc) is 3.15. The van der Waals surface area contributed by atoms with Gasteiger partial charge in [-0.3, -0.25) is 4.79 Å². The average molecular weight is 365 g/mol. The van der Waals surface area contributed by atoms with E-state index in [4.69, 9.17) is 9.15 Å². The van der Waals surface area contributed by atoms with Crippen LogP contribution in [0.2, 0.25) is 0 Å². The lowest BCUT2D eigenvalue weighted by Crippen LogP contribution is -2.34. The summed E-state index contributed by atoms with van der Waals surface area (Å²) in [6.45, 7) is 2.43. The molecule has 1 aliphatic rings. The minimum Gasteiger partial charge on any atom is -0.488 e. The van der Waals surface area contributed by atoms with Crippen molar-refractivity contribution in [1.82, 2.24) is 15.6 Å². The van der Waals surface area contributed by atoms with Crippen molar-refractivity contribution in [2.45, 2.75) is 25.4 Å². The summed E-state index contributed by atoms with van der Waals surface area (Å²) >= 11 is 0. The molecule has 2 heterocycles. The summed E-state index contributed by atoms with van der Waals surface area (Å²) in [6.07, 6.45) is 2.84. The quantitative estimate of drug-likeness (QED) is 0.702. The molecule has 27 heavy (non-hydrogen) atoms. The number of benzene rings is 2. The number of ether oxygens (including phenoxy) is 1. The van der Waals surface area contributed by atoms with Crippen LogP contribution >= 0.6 is 0 Å². The smallest absolute Gasteiger partial charge is 0.307 e. The van der Waals surface area contributed by atoms with E-state index in [0.29, 0.717) is 23.4 Å². The highest BCUT2D eigenvalue weighted by Crippen LogP contribution is 2.27. The molecule has 6 nitrogen and oxygen atoms in total. The fourth-order valence-electron chi connectivity index (χ4n) is 3.25. The fraction of sp³-hybridized carbons (Fsp3) is 0.333. The van der Waals surface area contributed by atoms with Crippen LogP contribution in [0.15, 0.2) is 52.9 Å². The van der Waals surface area contributed by atoms with Crippen molar-refractivity contribution >= 4 is 17.0 Å². The van der Waals surface area contributed by atoms with Crippen molar-refractivity contribution in [2.24, 2.45) is 0 Å². The van der Waals surface area contributed by atoms with Gasteiger partial charge in [-0.1, -0.05) is 36.4 Å². The van der Waals surface area contributed by atoms with E-state index < -0.39 is 0 Å². The number of rotatable bonds is 6. The zero-order valence-corrected chi connectivity index (χ0v) is 15.1. The second kappa shape index (κ2) is 8.22. The molecule has 0 unspecified atom stereocenters. The monoisotopic (exact) mass is 365 g/mol. The molecule has 1 aromatic heterocycles. The number of hydrogen-bond acceptors (Lipinski definition) is 5. The maximum absolute atomic E-state index is 12.4. The Hall–Kier alpha value is -2.86. The molecule has 0 radical (unpaired) electrons. The molecule has 0 bridgehead atoms. The van der Waals surface area contributed by atoms with E-state index in [9.17, 15) is 4.79 Å². The van der Waals surface area contributed by atoms with Crippen LogP contribution in [0.5, 0.6) is 5.75 Å². The Morgan fingerprint density at radius 3 is 2.78 bits per heavy atom. The predicted octanol–water partition coefficient (Wildman–Crippen LogP) is 2.93. The number of oxazole rings is 1. The van der Waals surface area contributed by atoms with Gasteiger partial charge in [0.25, 0.3) is 5.89 Å². The maximum Gasteiger partial charge on any atom is 0.307 e. The van der Waals surface area contributed by atoms with Crippen molar-refractivity contribution in [3.8, 4) is 5.75 Å². The number of para-hydroxylation sites is 1. The molecule has 0 atom stereocenters. The van der Waals surface area contributed by atoms with Gasteiger partial charge in [-0.2, -0.15) is 0 Å². The Bertz CT molecular complexity index is 901. The van der Waals surface area contributed by atoms with Crippen molar-refractivity contribution in [3.05, 3.63) is 60.0 Å². The minimum atomic E-state index is -0.310. The lowest BCUT2D eigenvalue weighted by Gasteiger charge is -2.23. The van der Waals surface area contributed by atoms with E-state index in [1.54, 1.807) is 6.07 Å². The molecule has 140 valence electrons. The minimum absolute atomic E-state index is 0.0689. The number of nitrogens with one attached hydrogen (secondary N) is 2. The number of nitrogens with zero attached hydrogens (tertiary/aromatic N) is 1. The number of aromatic nitrogens is 1. The van der Waals surface area contributed by atoms with Crippen LogP contribution in [0, 0.1) is 0 Å². The van der Waals surface area contributed by atoms with Crippen LogP contribution < -0.4 is 15.4 Å². The van der Waals surface area contributed by atoms with Gasteiger partial charge in [0.1, 0.15) is 11.9 Å². The third kappa shape index (κ3) is 4.28. The molecule has 2 N–H and O–H groups in total. The van der Waals surface area contributed by atoms with Crippen LogP contribution in [-0.2, 0) is 6.42 Å². The van der Waals surface area contributed by atoms with Crippen LogP contribution in [-0.4, -0.2) is 36.6 Å². The van der Waals surface area contributed by atoms with E-state index in [1.165, 1.54) is 5.56 Å². The maximum atomic E-state index is 12.4. The molecule has 6 heteroatoms. The number of amides is 1. The van der Waals surface area contributed by atoms with Crippen molar-refractivity contribution in [3.63, 3.8) is 0 Å². The summed E-state index contributed by atoms with van der Waals surface area (Å²) in [7, 11) is 0. The number of fused-ring (bicyclic) bond motifs is 1. The van der Waals surface area contributed by atoms with Gasteiger partial charge >= 0.3 is 5.91 Å². The largest absolute Gasteiger partial charge is 0.488 e. The molecule has 1 aliphatic heterocycles. The highest BCUT2D eigenvalue weighted by Gasteiger charge is 2.20. The highest BCUT2D eigenvalue weighted by molar-refractivity contribution is 5.93. The molecule has 4 rings (SSSR count). The summed E-state index contributed by atoms with van der Waals surface area (Å²) in [6, 6.07) is 15.6. The topological polar surface area (TPSA) is 76.4 Å². The van der Waals surface area contributed by atoms with E-state index >= 15 is 0 Å². The van der Waals surface area contributed by atoms with E-state index in [1.807, 2.05) is 42.5 Å². The Kier molecular flexibility index (Phi) is 5.34.